The average Bonchev–Trinajstić information content (AvgIpc) is 2.62. The van der Waals surface area contributed by atoms with Gasteiger partial charge in [-0.25, -0.2) is 9.78 Å². The summed E-state index contributed by atoms with van der Waals surface area (Å²) in [7, 11) is 0. The number of rotatable bonds is 8. The highest BCUT2D eigenvalue weighted by molar-refractivity contribution is 6.30. The van der Waals surface area contributed by atoms with E-state index in [9.17, 15) is 9.59 Å². The van der Waals surface area contributed by atoms with E-state index < -0.39 is 0 Å². The minimum Gasteiger partial charge on any atom is -0.484 e. The van der Waals surface area contributed by atoms with Gasteiger partial charge in [0.15, 0.2) is 6.61 Å². The lowest BCUT2D eigenvalue weighted by atomic mass is 10.2. The zero-order valence-electron chi connectivity index (χ0n) is 13.8. The first-order chi connectivity index (χ1) is 12.1. The van der Waals surface area contributed by atoms with Crippen LogP contribution in [0.2, 0.25) is 5.02 Å². The Kier molecular flexibility index (Phi) is 7.22. The second-order valence-electron chi connectivity index (χ2n) is 5.21. The van der Waals surface area contributed by atoms with Crippen LogP contribution in [-0.4, -0.2) is 30.1 Å². The molecule has 0 aliphatic carbocycles. The molecule has 132 valence electrons. The summed E-state index contributed by atoms with van der Waals surface area (Å²) in [5.74, 6) is 0.150. The number of amides is 1. The summed E-state index contributed by atoms with van der Waals surface area (Å²) < 4.78 is 10.5. The monoisotopic (exact) mass is 362 g/mol. The van der Waals surface area contributed by atoms with Crippen LogP contribution in [0.25, 0.3) is 0 Å². The summed E-state index contributed by atoms with van der Waals surface area (Å²) in [5, 5.41) is 3.08. The van der Waals surface area contributed by atoms with E-state index in [4.69, 9.17) is 21.1 Å². The van der Waals surface area contributed by atoms with E-state index in [2.05, 4.69) is 10.3 Å². The van der Waals surface area contributed by atoms with Crippen LogP contribution in [0.4, 0.5) is 5.82 Å². The Labute approximate surface area is 151 Å². The number of carbonyl (C=O) groups excluding carboxylic acids is 2. The first kappa shape index (κ1) is 18.7. The van der Waals surface area contributed by atoms with Crippen molar-refractivity contribution < 1.29 is 19.1 Å². The first-order valence-electron chi connectivity index (χ1n) is 7.90. The van der Waals surface area contributed by atoms with Gasteiger partial charge in [0, 0.05) is 6.20 Å². The smallest absolute Gasteiger partial charge is 0.338 e. The van der Waals surface area contributed by atoms with Crippen LogP contribution in [0.1, 0.15) is 30.1 Å². The first-order valence-corrected chi connectivity index (χ1v) is 8.27. The molecule has 0 aliphatic heterocycles. The van der Waals surface area contributed by atoms with Gasteiger partial charge in [0.2, 0.25) is 0 Å². The fourth-order valence-corrected chi connectivity index (χ4v) is 1.97. The van der Waals surface area contributed by atoms with Crippen molar-refractivity contribution in [1.82, 2.24) is 4.98 Å². The Morgan fingerprint density at radius 2 is 1.92 bits per heavy atom. The zero-order valence-corrected chi connectivity index (χ0v) is 14.6. The minimum absolute atomic E-state index is 0.176. The molecule has 0 aliphatic rings. The Hall–Kier alpha value is -2.60. The number of carbonyl (C=O) groups is 2. The molecule has 2 rings (SSSR count). The molecule has 1 N–H and O–H groups in total. The molecule has 7 heteroatoms. The summed E-state index contributed by atoms with van der Waals surface area (Å²) in [5.41, 5.74) is 0.443. The van der Waals surface area contributed by atoms with Crippen molar-refractivity contribution in [1.29, 1.82) is 0 Å². The van der Waals surface area contributed by atoms with Crippen LogP contribution < -0.4 is 10.1 Å². The van der Waals surface area contributed by atoms with Gasteiger partial charge in [-0.2, -0.15) is 0 Å². The quantitative estimate of drug-likeness (QED) is 0.572. The molecule has 0 fully saturated rings. The number of esters is 1. The number of benzene rings is 1. The Morgan fingerprint density at radius 1 is 1.16 bits per heavy atom. The van der Waals surface area contributed by atoms with E-state index in [1.165, 1.54) is 6.20 Å². The number of nitrogens with zero attached hydrogens (tertiary/aromatic N) is 1. The molecule has 0 unspecified atom stereocenters. The van der Waals surface area contributed by atoms with Gasteiger partial charge in [0.1, 0.15) is 11.6 Å². The number of hydrogen-bond donors (Lipinski definition) is 1. The van der Waals surface area contributed by atoms with Crippen molar-refractivity contribution >= 4 is 29.3 Å². The molecule has 1 aromatic carbocycles. The van der Waals surface area contributed by atoms with Gasteiger partial charge in [0.05, 0.1) is 17.2 Å². The number of aromatic nitrogens is 1. The van der Waals surface area contributed by atoms with Crippen LogP contribution in [-0.2, 0) is 9.53 Å². The van der Waals surface area contributed by atoms with Crippen LogP contribution in [0.3, 0.4) is 0 Å². The fraction of sp³-hybridized carbons (Fsp3) is 0.278. The van der Waals surface area contributed by atoms with Crippen molar-refractivity contribution in [2.45, 2.75) is 19.8 Å². The molecule has 0 saturated heterocycles. The summed E-state index contributed by atoms with van der Waals surface area (Å²) in [6.07, 6.45) is 3.24. The summed E-state index contributed by atoms with van der Waals surface area (Å²) in [4.78, 5) is 27.6. The third-order valence-corrected chi connectivity index (χ3v) is 3.41. The van der Waals surface area contributed by atoms with E-state index in [-0.39, 0.29) is 18.5 Å². The highest BCUT2D eigenvalue weighted by atomic mass is 35.5. The lowest BCUT2D eigenvalue weighted by molar-refractivity contribution is -0.118. The minimum atomic E-state index is -0.369. The van der Waals surface area contributed by atoms with Crippen molar-refractivity contribution in [2.75, 3.05) is 18.5 Å². The SMILES string of the molecule is CCCCOC(=O)c1ccc(OCC(=O)Nc2ccc(Cl)cn2)cc1. The molecule has 2 aromatic rings. The molecule has 0 atom stereocenters. The van der Waals surface area contributed by atoms with Gasteiger partial charge in [-0.1, -0.05) is 24.9 Å². The van der Waals surface area contributed by atoms with Gasteiger partial charge >= 0.3 is 5.97 Å². The zero-order chi connectivity index (χ0) is 18.1. The van der Waals surface area contributed by atoms with Crippen LogP contribution in [0, 0.1) is 0 Å². The standard InChI is InChI=1S/C18H19ClN2O4/c1-2-3-10-24-18(23)13-4-7-15(8-5-13)25-12-17(22)21-16-9-6-14(19)11-20-16/h4-9,11H,2-3,10,12H2,1H3,(H,20,21,22). The molecular formula is C18H19ClN2O4. The van der Waals surface area contributed by atoms with Gasteiger partial charge in [-0.15, -0.1) is 0 Å². The van der Waals surface area contributed by atoms with E-state index >= 15 is 0 Å². The van der Waals surface area contributed by atoms with Gasteiger partial charge < -0.3 is 14.8 Å². The second-order valence-corrected chi connectivity index (χ2v) is 5.65. The van der Waals surface area contributed by atoms with E-state index in [1.54, 1.807) is 36.4 Å². The molecule has 1 amide bonds. The maximum Gasteiger partial charge on any atom is 0.338 e. The summed E-state index contributed by atoms with van der Waals surface area (Å²) in [6.45, 7) is 2.26. The molecule has 1 heterocycles. The Morgan fingerprint density at radius 3 is 2.56 bits per heavy atom. The predicted octanol–water partition coefficient (Wildman–Crippen LogP) is 3.71. The maximum atomic E-state index is 11.8. The lowest BCUT2D eigenvalue weighted by Gasteiger charge is -2.08. The van der Waals surface area contributed by atoms with Gasteiger partial charge in [0.25, 0.3) is 5.91 Å². The third-order valence-electron chi connectivity index (χ3n) is 3.19. The largest absolute Gasteiger partial charge is 0.484 e. The lowest BCUT2D eigenvalue weighted by Crippen LogP contribution is -2.20. The van der Waals surface area contributed by atoms with Crippen molar-refractivity contribution in [3.05, 3.63) is 53.2 Å². The number of nitrogens with one attached hydrogen (secondary N) is 1. The fourth-order valence-electron chi connectivity index (χ4n) is 1.86. The Bertz CT molecular complexity index is 702. The highest BCUT2D eigenvalue weighted by Gasteiger charge is 2.08. The number of halogens is 1. The van der Waals surface area contributed by atoms with Gasteiger partial charge in [-0.3, -0.25) is 4.79 Å². The summed E-state index contributed by atoms with van der Waals surface area (Å²) in [6, 6.07) is 9.65. The topological polar surface area (TPSA) is 77.5 Å². The van der Waals surface area contributed by atoms with Crippen molar-refractivity contribution in [3.8, 4) is 5.75 Å². The number of anilines is 1. The van der Waals surface area contributed by atoms with E-state index in [0.717, 1.165) is 12.8 Å². The highest BCUT2D eigenvalue weighted by Crippen LogP contribution is 2.14. The molecule has 0 saturated carbocycles. The maximum absolute atomic E-state index is 11.8. The molecule has 25 heavy (non-hydrogen) atoms. The Balaban J connectivity index is 1.79. The predicted molar refractivity (Wildman–Crippen MR) is 95.0 cm³/mol. The van der Waals surface area contributed by atoms with E-state index in [1.807, 2.05) is 6.92 Å². The number of pyridine rings is 1. The normalized spacial score (nSPS) is 10.2. The second kappa shape index (κ2) is 9.64. The summed E-state index contributed by atoms with van der Waals surface area (Å²) >= 11 is 5.73. The molecule has 1 aromatic heterocycles. The average molecular weight is 363 g/mol. The van der Waals surface area contributed by atoms with Crippen LogP contribution >= 0.6 is 11.6 Å². The molecule has 6 nitrogen and oxygen atoms in total. The van der Waals surface area contributed by atoms with Crippen molar-refractivity contribution in [3.63, 3.8) is 0 Å². The molecular weight excluding hydrogens is 344 g/mol. The number of unbranched alkanes of at least 4 members (excludes halogenated alkanes) is 1. The van der Waals surface area contributed by atoms with E-state index in [0.29, 0.717) is 28.8 Å². The number of ether oxygens (including phenoxy) is 2. The molecule has 0 radical (unpaired) electrons. The van der Waals surface area contributed by atoms with Crippen LogP contribution in [0.15, 0.2) is 42.6 Å². The third kappa shape index (κ3) is 6.43. The van der Waals surface area contributed by atoms with Crippen molar-refractivity contribution in [2.24, 2.45) is 0 Å². The molecule has 0 bridgehead atoms. The van der Waals surface area contributed by atoms with Crippen LogP contribution in [0.5, 0.6) is 5.75 Å². The van der Waals surface area contributed by atoms with Gasteiger partial charge in [-0.05, 0) is 42.8 Å². The number of hydrogen-bond acceptors (Lipinski definition) is 5. The molecule has 0 spiro atoms.